The summed E-state index contributed by atoms with van der Waals surface area (Å²) >= 11 is 1.51. The van der Waals surface area contributed by atoms with Crippen molar-refractivity contribution < 1.29 is 8.42 Å². The van der Waals surface area contributed by atoms with Gasteiger partial charge in [0.05, 0.1) is 5.01 Å². The first-order valence-electron chi connectivity index (χ1n) is 6.20. The van der Waals surface area contributed by atoms with Crippen LogP contribution in [0.25, 0.3) is 0 Å². The van der Waals surface area contributed by atoms with Crippen LogP contribution in [0.4, 0.5) is 5.82 Å². The number of hydrogen-bond donors (Lipinski definition) is 2. The van der Waals surface area contributed by atoms with E-state index >= 15 is 0 Å². The summed E-state index contributed by atoms with van der Waals surface area (Å²) in [5.41, 5.74) is 0. The van der Waals surface area contributed by atoms with Gasteiger partial charge in [0.25, 0.3) is 0 Å². The molecule has 2 heterocycles. The second-order valence-electron chi connectivity index (χ2n) is 3.98. The fourth-order valence-corrected chi connectivity index (χ4v) is 3.17. The van der Waals surface area contributed by atoms with Gasteiger partial charge in [0.1, 0.15) is 10.7 Å². The van der Waals surface area contributed by atoms with Gasteiger partial charge in [-0.2, -0.15) is 0 Å². The molecule has 108 valence electrons. The van der Waals surface area contributed by atoms with Crippen LogP contribution in [0.15, 0.2) is 34.8 Å². The molecule has 2 N–H and O–H groups in total. The molecule has 2 aromatic rings. The van der Waals surface area contributed by atoms with Gasteiger partial charge in [-0.25, -0.2) is 23.1 Å². The first-order chi connectivity index (χ1) is 9.62. The summed E-state index contributed by atoms with van der Waals surface area (Å²) in [5, 5.41) is 5.79. The quantitative estimate of drug-likeness (QED) is 0.809. The van der Waals surface area contributed by atoms with E-state index in [2.05, 4.69) is 20.0 Å². The number of sulfonamides is 1. The Morgan fingerprint density at radius 1 is 1.30 bits per heavy atom. The summed E-state index contributed by atoms with van der Waals surface area (Å²) in [6.07, 6.45) is 3.64. The molecule has 0 saturated heterocycles. The Hall–Kier alpha value is -1.51. The van der Waals surface area contributed by atoms with E-state index in [0.717, 1.165) is 11.6 Å². The molecule has 0 aromatic carbocycles. The lowest BCUT2D eigenvalue weighted by atomic mass is 10.4. The predicted octanol–water partition coefficient (Wildman–Crippen LogP) is 1.49. The third-order valence-electron chi connectivity index (χ3n) is 2.52. The third-order valence-corrected chi connectivity index (χ3v) is 4.80. The topological polar surface area (TPSA) is 84.0 Å². The Balaban J connectivity index is 1.95. The smallest absolute Gasteiger partial charge is 0.242 e. The van der Waals surface area contributed by atoms with Crippen LogP contribution in [0.5, 0.6) is 0 Å². The molecule has 0 unspecified atom stereocenters. The summed E-state index contributed by atoms with van der Waals surface area (Å²) in [5.74, 6) is 0.661. The number of nitrogens with zero attached hydrogens (tertiary/aromatic N) is 2. The minimum Gasteiger partial charge on any atom is -0.370 e. The molecule has 0 amide bonds. The number of nitrogens with one attached hydrogen (secondary N) is 2. The van der Waals surface area contributed by atoms with E-state index in [-0.39, 0.29) is 4.90 Å². The van der Waals surface area contributed by atoms with Crippen LogP contribution < -0.4 is 10.0 Å². The van der Waals surface area contributed by atoms with Crippen molar-refractivity contribution in [1.82, 2.24) is 14.7 Å². The van der Waals surface area contributed by atoms with Crippen molar-refractivity contribution in [3.63, 3.8) is 0 Å². The van der Waals surface area contributed by atoms with Crippen molar-refractivity contribution in [3.05, 3.63) is 34.9 Å². The van der Waals surface area contributed by atoms with Gasteiger partial charge in [0.2, 0.25) is 10.0 Å². The van der Waals surface area contributed by atoms with Gasteiger partial charge in [0.15, 0.2) is 0 Å². The molecule has 2 rings (SSSR count). The van der Waals surface area contributed by atoms with E-state index in [4.69, 9.17) is 0 Å². The standard InChI is InChI=1S/C12H16N4O2S2/c1-2-13-11-4-3-10(9-15-11)20(17,18)16-6-5-12-14-7-8-19-12/h3-4,7-9,16H,2,5-6H2,1H3,(H,13,15). The second kappa shape index (κ2) is 6.78. The molecule has 0 aliphatic carbocycles. The van der Waals surface area contributed by atoms with Gasteiger partial charge in [-0.15, -0.1) is 11.3 Å². The van der Waals surface area contributed by atoms with Gasteiger partial charge in [-0.05, 0) is 19.1 Å². The Kier molecular flexibility index (Phi) is 5.05. The van der Waals surface area contributed by atoms with Crippen molar-refractivity contribution >= 4 is 27.2 Å². The maximum Gasteiger partial charge on any atom is 0.242 e. The van der Waals surface area contributed by atoms with Gasteiger partial charge in [0, 0.05) is 37.3 Å². The highest BCUT2D eigenvalue weighted by atomic mass is 32.2. The van der Waals surface area contributed by atoms with Crippen LogP contribution in [0.1, 0.15) is 11.9 Å². The molecule has 6 nitrogen and oxygen atoms in total. The van der Waals surface area contributed by atoms with Gasteiger partial charge >= 0.3 is 0 Å². The Bertz CT molecular complexity index is 624. The highest BCUT2D eigenvalue weighted by molar-refractivity contribution is 7.89. The molecule has 0 saturated carbocycles. The summed E-state index contributed by atoms with van der Waals surface area (Å²) in [4.78, 5) is 8.32. The maximum absolute atomic E-state index is 12.0. The number of rotatable bonds is 7. The van der Waals surface area contributed by atoms with Crippen molar-refractivity contribution in [3.8, 4) is 0 Å². The van der Waals surface area contributed by atoms with Crippen molar-refractivity contribution in [1.29, 1.82) is 0 Å². The first-order valence-corrected chi connectivity index (χ1v) is 8.56. The molecule has 0 spiro atoms. The Morgan fingerprint density at radius 2 is 2.15 bits per heavy atom. The van der Waals surface area contributed by atoms with Crippen LogP contribution in [0, 0.1) is 0 Å². The van der Waals surface area contributed by atoms with Crippen LogP contribution in [-0.4, -0.2) is 31.5 Å². The number of hydrogen-bond acceptors (Lipinski definition) is 6. The lowest BCUT2D eigenvalue weighted by molar-refractivity contribution is 0.581. The Morgan fingerprint density at radius 3 is 2.75 bits per heavy atom. The lowest BCUT2D eigenvalue weighted by Crippen LogP contribution is -2.26. The minimum atomic E-state index is -3.51. The zero-order chi connectivity index (χ0) is 14.4. The minimum absolute atomic E-state index is 0.165. The normalized spacial score (nSPS) is 11.4. The molecule has 0 radical (unpaired) electrons. The average Bonchev–Trinajstić information content (AvgIpc) is 2.93. The number of anilines is 1. The summed E-state index contributed by atoms with van der Waals surface area (Å²) in [6, 6.07) is 3.19. The molecular formula is C12H16N4O2S2. The van der Waals surface area contributed by atoms with E-state index < -0.39 is 10.0 Å². The molecular weight excluding hydrogens is 296 g/mol. The van der Waals surface area contributed by atoms with E-state index in [1.54, 1.807) is 12.3 Å². The molecule has 2 aromatic heterocycles. The number of thiazole rings is 1. The SMILES string of the molecule is CCNc1ccc(S(=O)(=O)NCCc2nccs2)cn1. The third kappa shape index (κ3) is 3.99. The van der Waals surface area contributed by atoms with Crippen molar-refractivity contribution in [2.24, 2.45) is 0 Å². The molecule has 0 aliphatic heterocycles. The fourth-order valence-electron chi connectivity index (χ4n) is 1.58. The second-order valence-corrected chi connectivity index (χ2v) is 6.73. The maximum atomic E-state index is 12.0. The van der Waals surface area contributed by atoms with E-state index in [0.29, 0.717) is 18.8 Å². The number of aromatic nitrogens is 2. The zero-order valence-electron chi connectivity index (χ0n) is 11.0. The highest BCUT2D eigenvalue weighted by Gasteiger charge is 2.14. The summed E-state index contributed by atoms with van der Waals surface area (Å²) in [7, 11) is -3.51. The van der Waals surface area contributed by atoms with Crippen molar-refractivity contribution in [2.45, 2.75) is 18.2 Å². The average molecular weight is 312 g/mol. The fraction of sp³-hybridized carbons (Fsp3) is 0.333. The van der Waals surface area contributed by atoms with Crippen LogP contribution in [0.2, 0.25) is 0 Å². The Labute approximate surface area is 122 Å². The van der Waals surface area contributed by atoms with Crippen LogP contribution >= 0.6 is 11.3 Å². The van der Waals surface area contributed by atoms with Crippen LogP contribution in [-0.2, 0) is 16.4 Å². The summed E-state index contributed by atoms with van der Waals surface area (Å²) < 4.78 is 26.6. The molecule has 8 heteroatoms. The molecule has 0 aliphatic rings. The van der Waals surface area contributed by atoms with Gasteiger partial charge in [-0.3, -0.25) is 0 Å². The predicted molar refractivity (Wildman–Crippen MR) is 79.4 cm³/mol. The van der Waals surface area contributed by atoms with E-state index in [1.807, 2.05) is 12.3 Å². The first kappa shape index (κ1) is 14.9. The molecule has 0 bridgehead atoms. The van der Waals surface area contributed by atoms with E-state index in [1.165, 1.54) is 23.6 Å². The van der Waals surface area contributed by atoms with Gasteiger partial charge < -0.3 is 5.32 Å². The van der Waals surface area contributed by atoms with Gasteiger partial charge in [-0.1, -0.05) is 0 Å². The highest BCUT2D eigenvalue weighted by Crippen LogP contribution is 2.11. The molecule has 0 fully saturated rings. The lowest BCUT2D eigenvalue weighted by Gasteiger charge is -2.07. The van der Waals surface area contributed by atoms with Crippen LogP contribution in [0.3, 0.4) is 0 Å². The monoisotopic (exact) mass is 312 g/mol. The van der Waals surface area contributed by atoms with E-state index in [9.17, 15) is 8.42 Å². The van der Waals surface area contributed by atoms with Crippen molar-refractivity contribution in [2.75, 3.05) is 18.4 Å². The number of pyridine rings is 1. The molecule has 20 heavy (non-hydrogen) atoms. The largest absolute Gasteiger partial charge is 0.370 e. The zero-order valence-corrected chi connectivity index (χ0v) is 12.7. The molecule has 0 atom stereocenters. The summed E-state index contributed by atoms with van der Waals surface area (Å²) in [6.45, 7) is 3.02.